The summed E-state index contributed by atoms with van der Waals surface area (Å²) >= 11 is 14.9. The van der Waals surface area contributed by atoms with Crippen molar-refractivity contribution in [2.45, 2.75) is 6.10 Å². The molecule has 0 atom stereocenters. The molecule has 0 bridgehead atoms. The summed E-state index contributed by atoms with van der Waals surface area (Å²) in [5.74, 6) is 0.0788. The topological polar surface area (TPSA) is 130 Å². The maximum atomic E-state index is 13.5. The molecule has 0 unspecified atom stereocenters. The van der Waals surface area contributed by atoms with E-state index in [1.54, 1.807) is 18.2 Å². The maximum Gasteiger partial charge on any atom is 0.274 e. The number of amides is 2. The van der Waals surface area contributed by atoms with Crippen LogP contribution in [0.25, 0.3) is 5.82 Å². The van der Waals surface area contributed by atoms with Crippen LogP contribution in [0.2, 0.25) is 10.0 Å². The number of pyridine rings is 1. The van der Waals surface area contributed by atoms with Gasteiger partial charge in [0.05, 0.1) is 22.9 Å². The molecule has 1 aliphatic rings. The molecule has 3 heterocycles. The average Bonchev–Trinajstić information content (AvgIpc) is 3.23. The molecule has 1 aromatic carbocycles. The van der Waals surface area contributed by atoms with Crippen molar-refractivity contribution in [3.8, 4) is 11.7 Å². The van der Waals surface area contributed by atoms with Crippen LogP contribution in [0.15, 0.2) is 41.0 Å². The summed E-state index contributed by atoms with van der Waals surface area (Å²) in [6.07, 6.45) is 1.25. The molecule has 1 saturated heterocycles. The Hall–Kier alpha value is -2.35. The molecule has 0 aliphatic carbocycles. The van der Waals surface area contributed by atoms with Gasteiger partial charge in [-0.25, -0.2) is 9.67 Å². The molecule has 2 aromatic heterocycles. The third kappa shape index (κ3) is 6.13. The van der Waals surface area contributed by atoms with Crippen LogP contribution in [-0.2, 0) is 15.9 Å². The van der Waals surface area contributed by atoms with Crippen molar-refractivity contribution in [3.63, 3.8) is 0 Å². The van der Waals surface area contributed by atoms with Gasteiger partial charge in [0.15, 0.2) is 11.9 Å². The summed E-state index contributed by atoms with van der Waals surface area (Å²) in [6.45, 7) is 0.584. The number of hydrogen-bond acceptors (Lipinski definition) is 7. The summed E-state index contributed by atoms with van der Waals surface area (Å²) < 4.78 is 23.8. The predicted octanol–water partition coefficient (Wildman–Crippen LogP) is 3.47. The zero-order valence-corrected chi connectivity index (χ0v) is 22.7. The van der Waals surface area contributed by atoms with Crippen LogP contribution in [-0.4, -0.2) is 69.0 Å². The fraction of sp³-hybridized carbons (Fsp3) is 0.273. The highest BCUT2D eigenvalue weighted by Crippen LogP contribution is 2.32. The molecule has 2 amide bonds. The van der Waals surface area contributed by atoms with Gasteiger partial charge < -0.3 is 24.7 Å². The lowest BCUT2D eigenvalue weighted by Gasteiger charge is -2.27. The van der Waals surface area contributed by atoms with E-state index in [2.05, 4.69) is 36.6 Å². The van der Waals surface area contributed by atoms with Gasteiger partial charge in [-0.05, 0) is 51.4 Å². The molecule has 1 fully saturated rings. The number of nitrogens with one attached hydrogen (secondary N) is 2. The molecule has 3 aromatic rings. The van der Waals surface area contributed by atoms with Crippen molar-refractivity contribution in [1.82, 2.24) is 20.1 Å². The molecule has 0 radical (unpaired) electrons. The number of ether oxygens (including phenoxy) is 2. The van der Waals surface area contributed by atoms with Crippen LogP contribution >= 0.6 is 39.1 Å². The third-order valence-corrected chi connectivity index (χ3v) is 7.65. The number of halogens is 3. The number of anilines is 1. The smallest absolute Gasteiger partial charge is 0.274 e. The Bertz CT molecular complexity index is 1290. The Kier molecular flexibility index (Phi) is 8.75. The minimum Gasteiger partial charge on any atom is -0.616 e. The lowest BCUT2D eigenvalue weighted by molar-refractivity contribution is 0.0938. The van der Waals surface area contributed by atoms with Crippen LogP contribution in [0, 0.1) is 0 Å². The predicted molar refractivity (Wildman–Crippen MR) is 140 cm³/mol. The van der Waals surface area contributed by atoms with Crippen molar-refractivity contribution in [2.75, 3.05) is 37.1 Å². The van der Waals surface area contributed by atoms with E-state index in [9.17, 15) is 14.1 Å². The first-order valence-corrected chi connectivity index (χ1v) is 13.6. The molecule has 0 spiro atoms. The van der Waals surface area contributed by atoms with Gasteiger partial charge in [-0.3, -0.25) is 9.59 Å². The van der Waals surface area contributed by atoms with Gasteiger partial charge in [0.2, 0.25) is 5.88 Å². The molecule has 190 valence electrons. The monoisotopic (exact) mass is 615 g/mol. The quantitative estimate of drug-likeness (QED) is 0.278. The van der Waals surface area contributed by atoms with E-state index in [4.69, 9.17) is 32.7 Å². The number of nitrogens with zero attached hydrogens (tertiary/aromatic N) is 3. The number of rotatable bonds is 9. The van der Waals surface area contributed by atoms with Gasteiger partial charge in [-0.15, -0.1) is 5.10 Å². The minimum atomic E-state index is -0.918. The highest BCUT2D eigenvalue weighted by Gasteiger charge is 2.35. The van der Waals surface area contributed by atoms with E-state index in [0.29, 0.717) is 27.6 Å². The van der Waals surface area contributed by atoms with E-state index < -0.39 is 23.0 Å². The van der Waals surface area contributed by atoms with E-state index in [-0.39, 0.29) is 46.3 Å². The van der Waals surface area contributed by atoms with Crippen molar-refractivity contribution < 1.29 is 23.6 Å². The molecule has 0 saturated carbocycles. The number of carbonyl (C=O) groups is 2. The number of benzene rings is 1. The van der Waals surface area contributed by atoms with Crippen LogP contribution in [0.5, 0.6) is 5.88 Å². The van der Waals surface area contributed by atoms with Crippen LogP contribution in [0.4, 0.5) is 5.69 Å². The molecule has 1 aliphatic heterocycles. The normalized spacial score (nSPS) is 16.8. The largest absolute Gasteiger partial charge is 0.616 e. The standard InChI is InChI=1S/C22H20BrCl2N5O5S/c1-34-6-5-27-21(31)14-7-12(24)8-15(23)19(14)28-22(32)17-9-18(35-13-10-36(33)11-13)29-30(17)20-16(25)3-2-4-26-20/h2-4,7-9,13H,5-6,10-11H2,1H3,(H,27,31)(H,28,32). The highest BCUT2D eigenvalue weighted by atomic mass is 79.9. The third-order valence-electron chi connectivity index (χ3n) is 5.02. The van der Waals surface area contributed by atoms with E-state index in [0.717, 1.165) is 0 Å². The number of carbonyl (C=O) groups excluding carboxylic acids is 2. The van der Waals surface area contributed by atoms with E-state index in [1.807, 2.05) is 0 Å². The number of aromatic nitrogens is 3. The summed E-state index contributed by atoms with van der Waals surface area (Å²) in [5, 5.41) is 10.4. The van der Waals surface area contributed by atoms with Crippen molar-refractivity contribution >= 4 is 67.8 Å². The second-order valence-corrected chi connectivity index (χ2v) is 10.9. The van der Waals surface area contributed by atoms with E-state index in [1.165, 1.54) is 30.1 Å². The lowest BCUT2D eigenvalue weighted by atomic mass is 10.1. The van der Waals surface area contributed by atoms with Gasteiger partial charge >= 0.3 is 0 Å². The Morgan fingerprint density at radius 1 is 1.28 bits per heavy atom. The SMILES string of the molecule is COCCNC(=O)c1cc(Cl)cc(Br)c1NC(=O)c1cc(OC2C[S+]([O-])C2)nn1-c1ncccc1Cl. The van der Waals surface area contributed by atoms with Gasteiger partial charge in [0.25, 0.3) is 11.8 Å². The molecule has 4 rings (SSSR count). The highest BCUT2D eigenvalue weighted by molar-refractivity contribution is 9.10. The van der Waals surface area contributed by atoms with Crippen LogP contribution < -0.4 is 15.4 Å². The van der Waals surface area contributed by atoms with Gasteiger partial charge in [-0.2, -0.15) is 0 Å². The Labute approximate surface area is 228 Å². The van der Waals surface area contributed by atoms with Crippen molar-refractivity contribution in [1.29, 1.82) is 0 Å². The summed E-state index contributed by atoms with van der Waals surface area (Å²) in [6, 6.07) is 7.70. The first kappa shape index (κ1) is 26.7. The molecule has 2 N–H and O–H groups in total. The fourth-order valence-corrected chi connectivity index (χ4v) is 5.28. The maximum absolute atomic E-state index is 13.5. The zero-order chi connectivity index (χ0) is 25.8. The fourth-order valence-electron chi connectivity index (χ4n) is 3.30. The first-order chi connectivity index (χ1) is 17.3. The van der Waals surface area contributed by atoms with Gasteiger partial charge in [-0.1, -0.05) is 23.2 Å². The molecule has 36 heavy (non-hydrogen) atoms. The Morgan fingerprint density at radius 2 is 2.06 bits per heavy atom. The summed E-state index contributed by atoms with van der Waals surface area (Å²) in [7, 11) is 1.52. The molecular weight excluding hydrogens is 597 g/mol. The number of hydrogen-bond donors (Lipinski definition) is 2. The summed E-state index contributed by atoms with van der Waals surface area (Å²) in [5.41, 5.74) is 0.406. The second kappa shape index (κ2) is 11.8. The minimum absolute atomic E-state index is 0.0543. The van der Waals surface area contributed by atoms with Gasteiger partial charge in [0.1, 0.15) is 17.2 Å². The second-order valence-electron chi connectivity index (χ2n) is 7.61. The Morgan fingerprint density at radius 3 is 2.75 bits per heavy atom. The zero-order valence-electron chi connectivity index (χ0n) is 18.8. The van der Waals surface area contributed by atoms with Crippen molar-refractivity contribution in [2.24, 2.45) is 0 Å². The van der Waals surface area contributed by atoms with Crippen LogP contribution in [0.3, 0.4) is 0 Å². The van der Waals surface area contributed by atoms with E-state index >= 15 is 0 Å². The lowest BCUT2D eigenvalue weighted by Crippen LogP contribution is -2.45. The van der Waals surface area contributed by atoms with Gasteiger partial charge in [0, 0.05) is 35.4 Å². The number of methoxy groups -OCH3 is 1. The molecule has 14 heteroatoms. The average molecular weight is 617 g/mol. The Balaban J connectivity index is 1.67. The van der Waals surface area contributed by atoms with Crippen LogP contribution in [0.1, 0.15) is 20.8 Å². The molecule has 10 nitrogen and oxygen atoms in total. The summed E-state index contributed by atoms with van der Waals surface area (Å²) in [4.78, 5) is 30.5. The van der Waals surface area contributed by atoms with Crippen molar-refractivity contribution in [3.05, 3.63) is 62.3 Å². The molecular formula is C22H20BrCl2N5O5S. The first-order valence-electron chi connectivity index (χ1n) is 10.6.